The van der Waals surface area contributed by atoms with Gasteiger partial charge in [-0.1, -0.05) is 37.3 Å². The summed E-state index contributed by atoms with van der Waals surface area (Å²) in [4.78, 5) is 8.51. The van der Waals surface area contributed by atoms with Gasteiger partial charge in [0.2, 0.25) is 5.95 Å². The number of aromatic nitrogens is 2. The molecule has 1 aromatic carbocycles. The monoisotopic (exact) mass is 241 g/mol. The topological polar surface area (TPSA) is 37.8 Å². The molecular formula is C15H19N3. The van der Waals surface area contributed by atoms with Crippen molar-refractivity contribution in [1.29, 1.82) is 0 Å². The zero-order valence-corrected chi connectivity index (χ0v) is 10.9. The van der Waals surface area contributed by atoms with Crippen LogP contribution in [0.25, 0.3) is 0 Å². The highest BCUT2D eigenvalue weighted by Crippen LogP contribution is 2.18. The Labute approximate surface area is 108 Å². The molecule has 3 heteroatoms. The van der Waals surface area contributed by atoms with E-state index in [1.165, 1.54) is 5.56 Å². The number of aryl methyl sites for hydroxylation is 1. The van der Waals surface area contributed by atoms with E-state index in [4.69, 9.17) is 0 Å². The summed E-state index contributed by atoms with van der Waals surface area (Å²) in [5, 5.41) is 3.26. The molecule has 0 spiro atoms. The zero-order valence-electron chi connectivity index (χ0n) is 10.9. The molecule has 0 amide bonds. The van der Waals surface area contributed by atoms with Crippen LogP contribution in [0.15, 0.2) is 42.6 Å². The minimum absolute atomic E-state index is 0.545. The molecule has 2 aromatic rings. The van der Waals surface area contributed by atoms with Gasteiger partial charge < -0.3 is 5.32 Å². The quantitative estimate of drug-likeness (QED) is 0.872. The number of nitrogens with zero attached hydrogens (tertiary/aromatic N) is 2. The number of hydrogen-bond donors (Lipinski definition) is 1. The molecule has 2 rings (SSSR count). The van der Waals surface area contributed by atoms with E-state index in [-0.39, 0.29) is 0 Å². The summed E-state index contributed by atoms with van der Waals surface area (Å²) in [6.45, 7) is 5.10. The van der Waals surface area contributed by atoms with Crippen molar-refractivity contribution in [3.8, 4) is 0 Å². The number of rotatable bonds is 5. The van der Waals surface area contributed by atoms with Gasteiger partial charge >= 0.3 is 0 Å². The van der Waals surface area contributed by atoms with Crippen LogP contribution in [-0.2, 0) is 0 Å². The predicted octanol–water partition coefficient (Wildman–Crippen LogP) is 3.39. The molecule has 0 fully saturated rings. The SMILES string of the molecule is Cc1ccnc(NCCC(C)c2ccccc2)n1. The fraction of sp³-hybridized carbons (Fsp3) is 0.333. The summed E-state index contributed by atoms with van der Waals surface area (Å²) in [7, 11) is 0. The summed E-state index contributed by atoms with van der Waals surface area (Å²) in [6.07, 6.45) is 2.85. The maximum atomic E-state index is 4.32. The molecule has 1 atom stereocenters. The van der Waals surface area contributed by atoms with Gasteiger partial charge in [-0.25, -0.2) is 9.97 Å². The van der Waals surface area contributed by atoms with Crippen molar-refractivity contribution in [1.82, 2.24) is 9.97 Å². The lowest BCUT2D eigenvalue weighted by atomic mass is 9.98. The standard InChI is InChI=1S/C15H19N3/c1-12(14-6-4-3-5-7-14)8-10-16-15-17-11-9-13(2)18-15/h3-7,9,11-12H,8,10H2,1-2H3,(H,16,17,18). The van der Waals surface area contributed by atoms with Crippen LogP contribution in [0, 0.1) is 6.92 Å². The van der Waals surface area contributed by atoms with Gasteiger partial charge in [0, 0.05) is 18.4 Å². The Hall–Kier alpha value is -1.90. The van der Waals surface area contributed by atoms with Crippen LogP contribution in [0.2, 0.25) is 0 Å². The molecule has 94 valence electrons. The Balaban J connectivity index is 1.82. The molecule has 1 heterocycles. The first-order valence-corrected chi connectivity index (χ1v) is 6.34. The molecule has 0 saturated heterocycles. The Bertz CT molecular complexity index is 482. The van der Waals surface area contributed by atoms with Gasteiger partial charge in [0.15, 0.2) is 0 Å². The fourth-order valence-electron chi connectivity index (χ4n) is 1.88. The lowest BCUT2D eigenvalue weighted by Crippen LogP contribution is -2.08. The lowest BCUT2D eigenvalue weighted by Gasteiger charge is -2.12. The Morgan fingerprint density at radius 3 is 2.67 bits per heavy atom. The van der Waals surface area contributed by atoms with Crippen LogP contribution in [0.5, 0.6) is 0 Å². The van der Waals surface area contributed by atoms with Crippen molar-refractivity contribution in [3.63, 3.8) is 0 Å². The Morgan fingerprint density at radius 2 is 1.94 bits per heavy atom. The van der Waals surface area contributed by atoms with E-state index in [0.29, 0.717) is 5.92 Å². The maximum Gasteiger partial charge on any atom is 0.222 e. The van der Waals surface area contributed by atoms with Gasteiger partial charge in [-0.3, -0.25) is 0 Å². The van der Waals surface area contributed by atoms with Crippen LogP contribution in [-0.4, -0.2) is 16.5 Å². The van der Waals surface area contributed by atoms with Gasteiger partial charge in [0.25, 0.3) is 0 Å². The highest BCUT2D eigenvalue weighted by molar-refractivity contribution is 5.25. The third kappa shape index (κ3) is 3.55. The second-order valence-corrected chi connectivity index (χ2v) is 4.55. The van der Waals surface area contributed by atoms with Gasteiger partial charge in [-0.05, 0) is 30.9 Å². The molecule has 18 heavy (non-hydrogen) atoms. The molecule has 0 aliphatic heterocycles. The summed E-state index contributed by atoms with van der Waals surface area (Å²) < 4.78 is 0. The lowest BCUT2D eigenvalue weighted by molar-refractivity contribution is 0.703. The largest absolute Gasteiger partial charge is 0.354 e. The van der Waals surface area contributed by atoms with Crippen LogP contribution >= 0.6 is 0 Å². The van der Waals surface area contributed by atoms with E-state index in [9.17, 15) is 0 Å². The van der Waals surface area contributed by atoms with Crippen LogP contribution in [0.4, 0.5) is 5.95 Å². The second kappa shape index (κ2) is 6.15. The predicted molar refractivity (Wildman–Crippen MR) is 74.7 cm³/mol. The molecule has 1 N–H and O–H groups in total. The summed E-state index contributed by atoms with van der Waals surface area (Å²) in [5.41, 5.74) is 2.37. The van der Waals surface area contributed by atoms with Crippen molar-refractivity contribution in [2.24, 2.45) is 0 Å². The smallest absolute Gasteiger partial charge is 0.222 e. The van der Waals surface area contributed by atoms with E-state index in [1.54, 1.807) is 6.20 Å². The van der Waals surface area contributed by atoms with Crippen LogP contribution in [0.1, 0.15) is 30.5 Å². The summed E-state index contributed by atoms with van der Waals surface area (Å²) in [6, 6.07) is 12.5. The van der Waals surface area contributed by atoms with Crippen LogP contribution < -0.4 is 5.32 Å². The van der Waals surface area contributed by atoms with Gasteiger partial charge in [0.1, 0.15) is 0 Å². The van der Waals surface area contributed by atoms with Crippen LogP contribution in [0.3, 0.4) is 0 Å². The maximum absolute atomic E-state index is 4.32. The fourth-order valence-corrected chi connectivity index (χ4v) is 1.88. The van der Waals surface area contributed by atoms with E-state index >= 15 is 0 Å². The highest BCUT2D eigenvalue weighted by Gasteiger charge is 2.04. The van der Waals surface area contributed by atoms with E-state index in [0.717, 1.165) is 24.6 Å². The molecular weight excluding hydrogens is 222 g/mol. The molecule has 0 radical (unpaired) electrons. The third-order valence-electron chi connectivity index (χ3n) is 3.02. The van der Waals surface area contributed by atoms with E-state index in [2.05, 4.69) is 52.5 Å². The average molecular weight is 241 g/mol. The molecule has 1 unspecified atom stereocenters. The average Bonchev–Trinajstić information content (AvgIpc) is 2.40. The first-order valence-electron chi connectivity index (χ1n) is 6.34. The van der Waals surface area contributed by atoms with E-state index in [1.807, 2.05) is 13.0 Å². The zero-order chi connectivity index (χ0) is 12.8. The minimum Gasteiger partial charge on any atom is -0.354 e. The Morgan fingerprint density at radius 1 is 1.17 bits per heavy atom. The minimum atomic E-state index is 0.545. The Kier molecular flexibility index (Phi) is 4.29. The molecule has 1 aromatic heterocycles. The molecule has 0 aliphatic rings. The van der Waals surface area contributed by atoms with Gasteiger partial charge in [-0.2, -0.15) is 0 Å². The molecule has 0 bridgehead atoms. The molecule has 0 saturated carbocycles. The first kappa shape index (κ1) is 12.6. The normalized spacial score (nSPS) is 12.1. The van der Waals surface area contributed by atoms with Crippen molar-refractivity contribution < 1.29 is 0 Å². The highest BCUT2D eigenvalue weighted by atomic mass is 15.1. The summed E-state index contributed by atoms with van der Waals surface area (Å²) >= 11 is 0. The van der Waals surface area contributed by atoms with Crippen molar-refractivity contribution >= 4 is 5.95 Å². The summed E-state index contributed by atoms with van der Waals surface area (Å²) in [5.74, 6) is 1.26. The third-order valence-corrected chi connectivity index (χ3v) is 3.02. The van der Waals surface area contributed by atoms with Gasteiger partial charge in [0.05, 0.1) is 0 Å². The second-order valence-electron chi connectivity index (χ2n) is 4.55. The number of hydrogen-bond acceptors (Lipinski definition) is 3. The molecule has 3 nitrogen and oxygen atoms in total. The van der Waals surface area contributed by atoms with Crippen molar-refractivity contribution in [3.05, 3.63) is 53.9 Å². The first-order chi connectivity index (χ1) is 8.75. The number of anilines is 1. The van der Waals surface area contributed by atoms with Crippen molar-refractivity contribution in [2.75, 3.05) is 11.9 Å². The van der Waals surface area contributed by atoms with E-state index < -0.39 is 0 Å². The molecule has 0 aliphatic carbocycles. The van der Waals surface area contributed by atoms with Gasteiger partial charge in [-0.15, -0.1) is 0 Å². The number of nitrogens with one attached hydrogen (secondary N) is 1. The van der Waals surface area contributed by atoms with Crippen molar-refractivity contribution in [2.45, 2.75) is 26.2 Å². The number of benzene rings is 1.